The second-order valence-electron chi connectivity index (χ2n) is 15.2. The summed E-state index contributed by atoms with van der Waals surface area (Å²) in [5.41, 5.74) is 5.37. The van der Waals surface area contributed by atoms with E-state index in [1.54, 1.807) is 0 Å². The molecule has 3 N–H and O–H groups in total. The molecule has 0 rings (SSSR count). The third kappa shape index (κ3) is 45.0. The molecule has 0 amide bonds. The first-order valence-electron chi connectivity index (χ1n) is 23.4. The Morgan fingerprint density at radius 1 is 0.534 bits per heavy atom. The maximum Gasteiger partial charge on any atom is 0.472 e. The Balaban J connectivity index is 3.99. The number of hydrogen-bond donors (Lipinski definition) is 2. The summed E-state index contributed by atoms with van der Waals surface area (Å²) in [5, 5.41) is 0. The van der Waals surface area contributed by atoms with Crippen molar-refractivity contribution in [3.8, 4) is 0 Å². The molecule has 0 bridgehead atoms. The first kappa shape index (κ1) is 55.9. The molecule has 0 aromatic carbocycles. The van der Waals surface area contributed by atoms with E-state index in [4.69, 9.17) is 24.3 Å². The summed E-state index contributed by atoms with van der Waals surface area (Å²) in [6.45, 7) is 4.64. The molecular weight excluding hydrogens is 746 g/mol. The molecule has 58 heavy (non-hydrogen) atoms. The first-order valence-corrected chi connectivity index (χ1v) is 24.9. The molecule has 0 aliphatic heterocycles. The molecule has 0 aromatic rings. The number of phosphoric ester groups is 1. The second kappa shape index (κ2) is 46.0. The highest BCUT2D eigenvalue weighted by molar-refractivity contribution is 7.47. The number of nitrogens with two attached hydrogens (primary N) is 1. The van der Waals surface area contributed by atoms with Crippen LogP contribution in [0.15, 0.2) is 72.9 Å². The van der Waals surface area contributed by atoms with Gasteiger partial charge in [-0.1, -0.05) is 183 Å². The van der Waals surface area contributed by atoms with Crippen molar-refractivity contribution in [2.24, 2.45) is 5.73 Å². The maximum atomic E-state index is 12.6. The van der Waals surface area contributed by atoms with Crippen molar-refractivity contribution >= 4 is 13.8 Å². The summed E-state index contributed by atoms with van der Waals surface area (Å²) in [4.78, 5) is 22.5. The molecule has 0 fully saturated rings. The summed E-state index contributed by atoms with van der Waals surface area (Å²) >= 11 is 0. The van der Waals surface area contributed by atoms with Crippen molar-refractivity contribution in [3.05, 3.63) is 72.9 Å². The predicted octanol–water partition coefficient (Wildman–Crippen LogP) is 14.3. The maximum absolute atomic E-state index is 12.6. The van der Waals surface area contributed by atoms with Gasteiger partial charge in [0.15, 0.2) is 0 Å². The minimum absolute atomic E-state index is 0.0755. The highest BCUT2D eigenvalue weighted by Gasteiger charge is 2.25. The number of rotatable bonds is 44. The Bertz CT molecular complexity index is 1120. The van der Waals surface area contributed by atoms with Gasteiger partial charge in [-0.05, 0) is 77.0 Å². The zero-order chi connectivity index (χ0) is 42.3. The van der Waals surface area contributed by atoms with E-state index in [1.807, 2.05) is 0 Å². The Labute approximate surface area is 356 Å². The number of allylic oxidation sites excluding steroid dienone is 12. The van der Waals surface area contributed by atoms with Crippen molar-refractivity contribution in [2.45, 2.75) is 200 Å². The van der Waals surface area contributed by atoms with Gasteiger partial charge in [-0.25, -0.2) is 4.57 Å². The van der Waals surface area contributed by atoms with Gasteiger partial charge in [0.25, 0.3) is 0 Å². The van der Waals surface area contributed by atoms with Crippen LogP contribution in [0.2, 0.25) is 0 Å². The Hall–Kier alpha value is -2.06. The van der Waals surface area contributed by atoms with Crippen LogP contribution in [-0.2, 0) is 27.9 Å². The van der Waals surface area contributed by atoms with Gasteiger partial charge >= 0.3 is 13.8 Å². The van der Waals surface area contributed by atoms with E-state index >= 15 is 0 Å². The molecule has 0 saturated carbocycles. The molecule has 9 heteroatoms. The van der Waals surface area contributed by atoms with Gasteiger partial charge in [0.2, 0.25) is 0 Å². The zero-order valence-corrected chi connectivity index (χ0v) is 38.2. The van der Waals surface area contributed by atoms with Crippen molar-refractivity contribution in [3.63, 3.8) is 0 Å². The molecule has 2 unspecified atom stereocenters. The highest BCUT2D eigenvalue weighted by Crippen LogP contribution is 2.43. The van der Waals surface area contributed by atoms with E-state index in [0.29, 0.717) is 13.0 Å². The van der Waals surface area contributed by atoms with Gasteiger partial charge in [-0.3, -0.25) is 13.8 Å². The number of carbonyl (C=O) groups is 1. The van der Waals surface area contributed by atoms with Crippen LogP contribution in [0.1, 0.15) is 194 Å². The van der Waals surface area contributed by atoms with Gasteiger partial charge in [0, 0.05) is 19.6 Å². The summed E-state index contributed by atoms with van der Waals surface area (Å²) in [5.74, 6) is -0.351. The van der Waals surface area contributed by atoms with Crippen molar-refractivity contribution in [2.75, 3.05) is 33.0 Å². The monoisotopic (exact) mass is 834 g/mol. The lowest BCUT2D eigenvalue weighted by molar-refractivity contribution is -0.154. The highest BCUT2D eigenvalue weighted by atomic mass is 31.2. The van der Waals surface area contributed by atoms with Crippen LogP contribution in [-0.4, -0.2) is 49.9 Å². The van der Waals surface area contributed by atoms with Crippen LogP contribution in [0.25, 0.3) is 0 Å². The fourth-order valence-electron chi connectivity index (χ4n) is 6.21. The normalized spacial score (nSPS) is 14.1. The molecule has 0 aromatic heterocycles. The van der Waals surface area contributed by atoms with Gasteiger partial charge in [0.05, 0.1) is 19.8 Å². The lowest BCUT2D eigenvalue weighted by atomic mass is 10.0. The molecule has 0 saturated heterocycles. The molecule has 8 nitrogen and oxygen atoms in total. The first-order chi connectivity index (χ1) is 28.4. The minimum atomic E-state index is -4.30. The van der Waals surface area contributed by atoms with Crippen LogP contribution < -0.4 is 5.73 Å². The molecule has 0 aliphatic carbocycles. The standard InChI is InChI=1S/C49H88NO7P/c1-3-5-7-9-11-13-15-17-19-20-21-22-23-24-25-26-27-28-29-30-32-34-36-38-40-42-49(51)57-48(47-56-58(52,53)55-45-43-50)46-54-44-41-39-37-35-33-31-18-16-14-12-10-8-6-4-2/h6,8,12,14-15,17-18,20-21,31,35,37,48H,3-5,7,9-11,13,16,19,22-30,32-34,36,38-47,50H2,1-2H3,(H,52,53)/b8-6-,14-12-,17-15-,21-20-,31-18-,37-35-. The summed E-state index contributed by atoms with van der Waals surface area (Å²) < 4.78 is 33.4. The zero-order valence-electron chi connectivity index (χ0n) is 37.3. The summed E-state index contributed by atoms with van der Waals surface area (Å²) in [6.07, 6.45) is 58.1. The van der Waals surface area contributed by atoms with E-state index in [1.165, 1.54) is 109 Å². The molecule has 0 aliphatic rings. The van der Waals surface area contributed by atoms with E-state index in [-0.39, 0.29) is 32.3 Å². The Kier molecular flexibility index (Phi) is 44.4. The van der Waals surface area contributed by atoms with Gasteiger partial charge in [0.1, 0.15) is 6.10 Å². The lowest BCUT2D eigenvalue weighted by Crippen LogP contribution is -2.28. The van der Waals surface area contributed by atoms with Crippen LogP contribution in [0.4, 0.5) is 0 Å². The number of ether oxygens (including phenoxy) is 2. The fraction of sp³-hybridized carbons (Fsp3) is 0.735. The molecule has 0 radical (unpaired) electrons. The largest absolute Gasteiger partial charge is 0.472 e. The van der Waals surface area contributed by atoms with Gasteiger partial charge in [-0.2, -0.15) is 0 Å². The molecule has 0 spiro atoms. The van der Waals surface area contributed by atoms with E-state index in [2.05, 4.69) is 86.8 Å². The van der Waals surface area contributed by atoms with Crippen molar-refractivity contribution < 1.29 is 32.8 Å². The van der Waals surface area contributed by atoms with Crippen molar-refractivity contribution in [1.82, 2.24) is 0 Å². The van der Waals surface area contributed by atoms with E-state index in [0.717, 1.165) is 64.2 Å². The average Bonchev–Trinajstić information content (AvgIpc) is 3.21. The number of hydrogen-bond acceptors (Lipinski definition) is 7. The summed E-state index contributed by atoms with van der Waals surface area (Å²) in [6, 6.07) is 0. The SMILES string of the molecule is CC/C=C\C/C=C\C/C=C\C/C=C\CCCOCC(COP(=O)(O)OCCN)OC(=O)CCCCCCCCCCCCCCC/C=C\C/C=C\CCCCCCC. The van der Waals surface area contributed by atoms with Crippen LogP contribution in [0.5, 0.6) is 0 Å². The third-order valence-corrected chi connectivity index (χ3v) is 10.6. The predicted molar refractivity (Wildman–Crippen MR) is 247 cm³/mol. The lowest BCUT2D eigenvalue weighted by Gasteiger charge is -2.20. The van der Waals surface area contributed by atoms with Crippen LogP contribution in [0.3, 0.4) is 0 Å². The number of phosphoric acid groups is 1. The Morgan fingerprint density at radius 3 is 1.45 bits per heavy atom. The quantitative estimate of drug-likeness (QED) is 0.0270. The minimum Gasteiger partial charge on any atom is -0.457 e. The number of esters is 1. The Morgan fingerprint density at radius 2 is 0.966 bits per heavy atom. The molecular formula is C49H88NO7P. The van der Waals surface area contributed by atoms with E-state index < -0.39 is 13.9 Å². The molecule has 2 atom stereocenters. The van der Waals surface area contributed by atoms with Crippen LogP contribution >= 0.6 is 7.82 Å². The van der Waals surface area contributed by atoms with Gasteiger partial charge in [-0.15, -0.1) is 0 Å². The second-order valence-corrected chi connectivity index (χ2v) is 16.7. The van der Waals surface area contributed by atoms with E-state index in [9.17, 15) is 14.3 Å². The average molecular weight is 834 g/mol. The number of unbranched alkanes of at least 4 members (excludes halogenated alkanes) is 19. The van der Waals surface area contributed by atoms with Gasteiger partial charge < -0.3 is 20.1 Å². The topological polar surface area (TPSA) is 117 Å². The fourth-order valence-corrected chi connectivity index (χ4v) is 6.97. The molecule has 0 heterocycles. The summed E-state index contributed by atoms with van der Waals surface area (Å²) in [7, 11) is -4.30. The van der Waals surface area contributed by atoms with Crippen molar-refractivity contribution in [1.29, 1.82) is 0 Å². The third-order valence-electron chi connectivity index (χ3n) is 9.61. The van der Waals surface area contributed by atoms with Crippen LogP contribution in [0, 0.1) is 0 Å². The number of carbonyl (C=O) groups excluding carboxylic acids is 1. The molecule has 336 valence electrons. The smallest absolute Gasteiger partial charge is 0.457 e.